The molecule has 98 valence electrons. The van der Waals surface area contributed by atoms with Crippen molar-refractivity contribution in [2.75, 3.05) is 5.32 Å². The third-order valence-electron chi connectivity index (χ3n) is 2.21. The first-order valence-electron chi connectivity index (χ1n) is 5.16. The summed E-state index contributed by atoms with van der Waals surface area (Å²) in [5.74, 6) is -1.34. The molecule has 1 amide bonds. The standard InChI is InChI=1S/C12H13Br2NO3/c1-12(2,3)11(18)15-9-7(10(16)17)4-6(13)5-8(9)14/h4-5H,1-3H3,(H,15,18)(H,16,17). The fourth-order valence-corrected chi connectivity index (χ4v) is 2.49. The number of aromatic carboxylic acids is 1. The summed E-state index contributed by atoms with van der Waals surface area (Å²) < 4.78 is 1.15. The maximum absolute atomic E-state index is 11.9. The van der Waals surface area contributed by atoms with Crippen LogP contribution in [0.25, 0.3) is 0 Å². The lowest BCUT2D eigenvalue weighted by Gasteiger charge is -2.19. The first kappa shape index (κ1) is 15.2. The van der Waals surface area contributed by atoms with E-state index in [1.54, 1.807) is 26.8 Å². The average Bonchev–Trinajstić information content (AvgIpc) is 2.19. The summed E-state index contributed by atoms with van der Waals surface area (Å²) in [6, 6.07) is 3.14. The summed E-state index contributed by atoms with van der Waals surface area (Å²) in [7, 11) is 0. The van der Waals surface area contributed by atoms with Crippen LogP contribution in [0.3, 0.4) is 0 Å². The number of anilines is 1. The van der Waals surface area contributed by atoms with Gasteiger partial charge >= 0.3 is 5.97 Å². The molecule has 18 heavy (non-hydrogen) atoms. The van der Waals surface area contributed by atoms with E-state index in [1.165, 1.54) is 6.07 Å². The molecule has 0 unspecified atom stereocenters. The lowest BCUT2D eigenvalue weighted by Crippen LogP contribution is -2.28. The van der Waals surface area contributed by atoms with Gasteiger partial charge in [-0.1, -0.05) is 36.7 Å². The summed E-state index contributed by atoms with van der Waals surface area (Å²) in [4.78, 5) is 23.1. The summed E-state index contributed by atoms with van der Waals surface area (Å²) in [6.45, 7) is 5.28. The van der Waals surface area contributed by atoms with Gasteiger partial charge in [0.15, 0.2) is 0 Å². The molecule has 0 bridgehead atoms. The molecule has 1 aromatic rings. The van der Waals surface area contributed by atoms with Crippen LogP contribution in [0.1, 0.15) is 31.1 Å². The Morgan fingerprint density at radius 2 is 1.78 bits per heavy atom. The van der Waals surface area contributed by atoms with Crippen LogP contribution in [0.5, 0.6) is 0 Å². The molecule has 0 aliphatic heterocycles. The van der Waals surface area contributed by atoms with Crippen molar-refractivity contribution < 1.29 is 14.7 Å². The van der Waals surface area contributed by atoms with Crippen molar-refractivity contribution in [3.63, 3.8) is 0 Å². The molecule has 0 spiro atoms. The van der Waals surface area contributed by atoms with Crippen LogP contribution in [0.2, 0.25) is 0 Å². The number of carboxylic acid groups (broad SMARTS) is 1. The Hall–Kier alpha value is -0.880. The van der Waals surface area contributed by atoms with Crippen molar-refractivity contribution in [2.45, 2.75) is 20.8 Å². The number of benzene rings is 1. The van der Waals surface area contributed by atoms with Gasteiger partial charge < -0.3 is 10.4 Å². The van der Waals surface area contributed by atoms with Gasteiger partial charge in [-0.25, -0.2) is 4.79 Å². The Kier molecular flexibility index (Phi) is 4.55. The average molecular weight is 379 g/mol. The van der Waals surface area contributed by atoms with Gasteiger partial charge in [0, 0.05) is 14.4 Å². The van der Waals surface area contributed by atoms with Gasteiger partial charge in [-0.3, -0.25) is 4.79 Å². The predicted octanol–water partition coefficient (Wildman–Crippen LogP) is 3.89. The quantitative estimate of drug-likeness (QED) is 0.820. The van der Waals surface area contributed by atoms with Gasteiger partial charge in [0.2, 0.25) is 5.91 Å². The molecule has 0 heterocycles. The van der Waals surface area contributed by atoms with E-state index in [0.29, 0.717) is 8.95 Å². The highest BCUT2D eigenvalue weighted by Gasteiger charge is 2.24. The first-order chi connectivity index (χ1) is 8.12. The van der Waals surface area contributed by atoms with E-state index in [9.17, 15) is 9.59 Å². The molecule has 6 heteroatoms. The second-order valence-corrected chi connectivity index (χ2v) is 6.59. The number of rotatable bonds is 2. The van der Waals surface area contributed by atoms with Gasteiger partial charge in [-0.15, -0.1) is 0 Å². The number of hydrogen-bond donors (Lipinski definition) is 2. The molecule has 0 atom stereocenters. The molecule has 4 nitrogen and oxygen atoms in total. The summed E-state index contributed by atoms with van der Waals surface area (Å²) in [6.07, 6.45) is 0. The molecule has 2 N–H and O–H groups in total. The Balaban J connectivity index is 3.24. The van der Waals surface area contributed by atoms with E-state index >= 15 is 0 Å². The maximum Gasteiger partial charge on any atom is 0.337 e. The molecule has 0 aromatic heterocycles. The van der Waals surface area contributed by atoms with Crippen LogP contribution in [0.15, 0.2) is 21.1 Å². The lowest BCUT2D eigenvalue weighted by molar-refractivity contribution is -0.123. The minimum Gasteiger partial charge on any atom is -0.478 e. The van der Waals surface area contributed by atoms with Crippen LogP contribution in [0.4, 0.5) is 5.69 Å². The van der Waals surface area contributed by atoms with Crippen molar-refractivity contribution in [3.8, 4) is 0 Å². The fourth-order valence-electron chi connectivity index (χ4n) is 1.17. The Morgan fingerprint density at radius 1 is 1.22 bits per heavy atom. The molecular formula is C12H13Br2NO3. The predicted molar refractivity (Wildman–Crippen MR) is 76.9 cm³/mol. The van der Waals surface area contributed by atoms with E-state index < -0.39 is 11.4 Å². The highest BCUT2D eigenvalue weighted by atomic mass is 79.9. The van der Waals surface area contributed by atoms with Crippen LogP contribution < -0.4 is 5.32 Å². The highest BCUT2D eigenvalue weighted by Crippen LogP contribution is 2.32. The normalized spacial score (nSPS) is 11.2. The zero-order valence-corrected chi connectivity index (χ0v) is 13.3. The van der Waals surface area contributed by atoms with Crippen molar-refractivity contribution in [2.24, 2.45) is 5.41 Å². The van der Waals surface area contributed by atoms with Crippen molar-refractivity contribution in [1.82, 2.24) is 0 Å². The zero-order chi connectivity index (χ0) is 14.1. The second-order valence-electron chi connectivity index (χ2n) is 4.82. The molecule has 0 fully saturated rings. The Labute approximate surface area is 122 Å². The molecule has 1 aromatic carbocycles. The third-order valence-corrected chi connectivity index (χ3v) is 3.29. The monoisotopic (exact) mass is 377 g/mol. The van der Waals surface area contributed by atoms with E-state index in [1.807, 2.05) is 0 Å². The lowest BCUT2D eigenvalue weighted by atomic mass is 9.95. The van der Waals surface area contributed by atoms with Gasteiger partial charge in [-0.05, 0) is 28.1 Å². The number of carbonyl (C=O) groups is 2. The van der Waals surface area contributed by atoms with E-state index in [-0.39, 0.29) is 17.2 Å². The van der Waals surface area contributed by atoms with Crippen molar-refractivity contribution in [3.05, 3.63) is 26.6 Å². The van der Waals surface area contributed by atoms with Gasteiger partial charge in [0.05, 0.1) is 11.3 Å². The number of carbonyl (C=O) groups excluding carboxylic acids is 1. The van der Waals surface area contributed by atoms with Gasteiger partial charge in [0.1, 0.15) is 0 Å². The molecule has 1 rings (SSSR count). The van der Waals surface area contributed by atoms with Crippen LogP contribution in [-0.2, 0) is 4.79 Å². The van der Waals surface area contributed by atoms with Gasteiger partial charge in [-0.2, -0.15) is 0 Å². The molecule has 0 saturated heterocycles. The zero-order valence-electron chi connectivity index (χ0n) is 10.2. The smallest absolute Gasteiger partial charge is 0.337 e. The number of nitrogens with one attached hydrogen (secondary N) is 1. The summed E-state index contributed by atoms with van der Waals surface area (Å²) >= 11 is 6.47. The second kappa shape index (κ2) is 5.40. The number of halogens is 2. The van der Waals surface area contributed by atoms with E-state index in [4.69, 9.17) is 5.11 Å². The van der Waals surface area contributed by atoms with E-state index in [2.05, 4.69) is 37.2 Å². The van der Waals surface area contributed by atoms with Crippen LogP contribution in [0, 0.1) is 5.41 Å². The summed E-state index contributed by atoms with van der Waals surface area (Å²) in [5, 5.41) is 11.8. The fraction of sp³-hybridized carbons (Fsp3) is 0.333. The highest BCUT2D eigenvalue weighted by molar-refractivity contribution is 9.11. The third kappa shape index (κ3) is 3.55. The summed E-state index contributed by atoms with van der Waals surface area (Å²) in [5.41, 5.74) is -0.290. The molecule has 0 aliphatic rings. The van der Waals surface area contributed by atoms with Crippen molar-refractivity contribution >= 4 is 49.4 Å². The minimum absolute atomic E-state index is 0.0360. The Morgan fingerprint density at radius 3 is 2.22 bits per heavy atom. The number of amides is 1. The van der Waals surface area contributed by atoms with Gasteiger partial charge in [0.25, 0.3) is 0 Å². The van der Waals surface area contributed by atoms with Crippen LogP contribution in [-0.4, -0.2) is 17.0 Å². The molecule has 0 aliphatic carbocycles. The molecule has 0 radical (unpaired) electrons. The minimum atomic E-state index is -1.10. The number of carboxylic acids is 1. The Bertz CT molecular complexity index is 507. The maximum atomic E-state index is 11.9. The van der Waals surface area contributed by atoms with E-state index in [0.717, 1.165) is 0 Å². The number of hydrogen-bond acceptors (Lipinski definition) is 2. The topological polar surface area (TPSA) is 66.4 Å². The largest absolute Gasteiger partial charge is 0.478 e. The first-order valence-corrected chi connectivity index (χ1v) is 6.75. The van der Waals surface area contributed by atoms with Crippen molar-refractivity contribution in [1.29, 1.82) is 0 Å². The SMILES string of the molecule is CC(C)(C)C(=O)Nc1c(Br)cc(Br)cc1C(=O)O. The van der Waals surface area contributed by atoms with Crippen LogP contribution >= 0.6 is 31.9 Å². The molecule has 0 saturated carbocycles. The molecular weight excluding hydrogens is 366 g/mol.